The van der Waals surface area contributed by atoms with Crippen LogP contribution in [0.4, 0.5) is 15.2 Å². The topological polar surface area (TPSA) is 102 Å². The van der Waals surface area contributed by atoms with E-state index in [1.165, 1.54) is 24.3 Å². The Morgan fingerprint density at radius 2 is 1.94 bits per heavy atom. The Labute approximate surface area is 206 Å². The predicted molar refractivity (Wildman–Crippen MR) is 136 cm³/mol. The van der Waals surface area contributed by atoms with Gasteiger partial charge in [-0.1, -0.05) is 0 Å². The van der Waals surface area contributed by atoms with Crippen molar-refractivity contribution in [2.24, 2.45) is 0 Å². The van der Waals surface area contributed by atoms with Gasteiger partial charge in [0.05, 0.1) is 11.9 Å². The molecule has 4 rings (SSSR count). The molecule has 4 aromatic rings. The number of aryl methyl sites for hydroxylation is 2. The zero-order valence-electron chi connectivity index (χ0n) is 20.3. The molecule has 0 aliphatic rings. The van der Waals surface area contributed by atoms with Gasteiger partial charge in [0.1, 0.15) is 5.82 Å². The Hall–Kier alpha value is -3.66. The van der Waals surface area contributed by atoms with Crippen molar-refractivity contribution in [3.05, 3.63) is 52.4 Å². The largest absolute Gasteiger partial charge is 0.326 e. The number of anilines is 2. The number of benzene rings is 1. The first kappa shape index (κ1) is 24.5. The van der Waals surface area contributed by atoms with Gasteiger partial charge in [0, 0.05) is 47.1 Å². The summed E-state index contributed by atoms with van der Waals surface area (Å²) >= 11 is 1.23. The number of halogens is 1. The minimum absolute atomic E-state index is 0.177. The summed E-state index contributed by atoms with van der Waals surface area (Å²) < 4.78 is 16.4. The van der Waals surface area contributed by atoms with Crippen LogP contribution in [0.2, 0.25) is 0 Å². The quantitative estimate of drug-likeness (QED) is 0.357. The second-order valence-electron chi connectivity index (χ2n) is 8.68. The SMILES string of the molecule is CC(=O)Nc1ccc(-c2csc(NC(=O)CCc3c(C)nc4c(cnn4C(C)C)c3C)n2)c(F)c1. The molecule has 0 atom stereocenters. The maximum Gasteiger partial charge on any atom is 0.226 e. The van der Waals surface area contributed by atoms with Gasteiger partial charge < -0.3 is 10.6 Å². The summed E-state index contributed by atoms with van der Waals surface area (Å²) in [5.41, 5.74) is 4.95. The van der Waals surface area contributed by atoms with Crippen LogP contribution in [0.15, 0.2) is 29.8 Å². The van der Waals surface area contributed by atoms with Crippen LogP contribution in [0.5, 0.6) is 0 Å². The number of nitrogens with one attached hydrogen (secondary N) is 2. The maximum atomic E-state index is 14.5. The molecule has 0 fully saturated rings. The molecular weight excluding hydrogens is 467 g/mol. The van der Waals surface area contributed by atoms with Crippen LogP contribution in [0, 0.1) is 19.7 Å². The number of pyridine rings is 1. The molecule has 0 bridgehead atoms. The average Bonchev–Trinajstić information content (AvgIpc) is 3.40. The molecule has 0 radical (unpaired) electrons. The van der Waals surface area contributed by atoms with E-state index in [0.29, 0.717) is 28.5 Å². The minimum atomic E-state index is -0.506. The van der Waals surface area contributed by atoms with Crippen molar-refractivity contribution in [3.8, 4) is 11.3 Å². The van der Waals surface area contributed by atoms with Crippen LogP contribution in [0.1, 0.15) is 50.1 Å². The number of aromatic nitrogens is 4. The van der Waals surface area contributed by atoms with Crippen LogP contribution in [0.3, 0.4) is 0 Å². The zero-order valence-corrected chi connectivity index (χ0v) is 21.1. The van der Waals surface area contributed by atoms with E-state index >= 15 is 0 Å². The monoisotopic (exact) mass is 494 g/mol. The molecule has 2 amide bonds. The fraction of sp³-hybridized carbons (Fsp3) is 0.320. The van der Waals surface area contributed by atoms with E-state index < -0.39 is 5.82 Å². The number of rotatable bonds is 7. The highest BCUT2D eigenvalue weighted by atomic mass is 32.1. The first-order valence-corrected chi connectivity index (χ1v) is 12.2. The fourth-order valence-corrected chi connectivity index (χ4v) is 4.74. The Balaban J connectivity index is 1.43. The molecule has 0 spiro atoms. The van der Waals surface area contributed by atoms with Crippen LogP contribution < -0.4 is 10.6 Å². The second-order valence-corrected chi connectivity index (χ2v) is 9.54. The van der Waals surface area contributed by atoms with Gasteiger partial charge in [-0.2, -0.15) is 5.10 Å². The van der Waals surface area contributed by atoms with Crippen molar-refractivity contribution >= 4 is 45.0 Å². The minimum Gasteiger partial charge on any atom is -0.326 e. The van der Waals surface area contributed by atoms with Gasteiger partial charge >= 0.3 is 0 Å². The molecule has 3 aromatic heterocycles. The van der Waals surface area contributed by atoms with E-state index in [0.717, 1.165) is 27.9 Å². The summed E-state index contributed by atoms with van der Waals surface area (Å²) in [6, 6.07) is 4.62. The van der Waals surface area contributed by atoms with Gasteiger partial charge in [0.25, 0.3) is 0 Å². The Morgan fingerprint density at radius 3 is 2.63 bits per heavy atom. The van der Waals surface area contributed by atoms with Crippen LogP contribution in [0.25, 0.3) is 22.3 Å². The van der Waals surface area contributed by atoms with Crippen LogP contribution in [-0.2, 0) is 16.0 Å². The molecule has 0 aliphatic heterocycles. The molecule has 0 saturated heterocycles. The van der Waals surface area contributed by atoms with Gasteiger partial charge in [-0.25, -0.2) is 19.0 Å². The lowest BCUT2D eigenvalue weighted by atomic mass is 10.0. The lowest BCUT2D eigenvalue weighted by Crippen LogP contribution is -2.13. The fourth-order valence-electron chi connectivity index (χ4n) is 4.02. The summed E-state index contributed by atoms with van der Waals surface area (Å²) in [6.07, 6.45) is 2.64. The van der Waals surface area contributed by atoms with Gasteiger partial charge in [0.2, 0.25) is 11.8 Å². The molecule has 3 heterocycles. The highest BCUT2D eigenvalue weighted by Crippen LogP contribution is 2.29. The smallest absolute Gasteiger partial charge is 0.226 e. The molecule has 8 nitrogen and oxygen atoms in total. The number of nitrogens with zero attached hydrogens (tertiary/aromatic N) is 4. The van der Waals surface area contributed by atoms with E-state index in [1.807, 2.05) is 24.7 Å². The lowest BCUT2D eigenvalue weighted by molar-refractivity contribution is -0.116. The van der Waals surface area contributed by atoms with Gasteiger partial charge in [-0.3, -0.25) is 9.59 Å². The molecule has 35 heavy (non-hydrogen) atoms. The summed E-state index contributed by atoms with van der Waals surface area (Å²) in [5.74, 6) is -0.958. The number of carbonyl (C=O) groups excluding carboxylic acids is 2. The summed E-state index contributed by atoms with van der Waals surface area (Å²) in [4.78, 5) is 32.9. The normalized spacial score (nSPS) is 11.3. The van der Waals surface area contributed by atoms with E-state index in [1.54, 1.807) is 17.5 Å². The number of amides is 2. The van der Waals surface area contributed by atoms with E-state index in [9.17, 15) is 14.0 Å². The van der Waals surface area contributed by atoms with Crippen molar-refractivity contribution in [2.45, 2.75) is 53.5 Å². The first-order chi connectivity index (χ1) is 16.6. The highest BCUT2D eigenvalue weighted by molar-refractivity contribution is 7.14. The molecule has 0 saturated carbocycles. The number of thiazole rings is 1. The Morgan fingerprint density at radius 1 is 1.17 bits per heavy atom. The molecule has 10 heteroatoms. The third-order valence-electron chi connectivity index (χ3n) is 5.74. The second kappa shape index (κ2) is 9.91. The molecule has 0 unspecified atom stereocenters. The highest BCUT2D eigenvalue weighted by Gasteiger charge is 2.17. The lowest BCUT2D eigenvalue weighted by Gasteiger charge is -2.12. The molecule has 1 aromatic carbocycles. The van der Waals surface area contributed by atoms with Gasteiger partial charge in [-0.15, -0.1) is 11.3 Å². The summed E-state index contributed by atoms with van der Waals surface area (Å²) in [5, 5.41) is 12.9. The van der Waals surface area contributed by atoms with Crippen molar-refractivity contribution in [1.82, 2.24) is 19.7 Å². The van der Waals surface area contributed by atoms with Crippen molar-refractivity contribution in [2.75, 3.05) is 10.6 Å². The van der Waals surface area contributed by atoms with Crippen molar-refractivity contribution in [3.63, 3.8) is 0 Å². The first-order valence-electron chi connectivity index (χ1n) is 11.3. The van der Waals surface area contributed by atoms with Gasteiger partial charge in [0.15, 0.2) is 10.8 Å². The average molecular weight is 495 g/mol. The van der Waals surface area contributed by atoms with E-state index in [-0.39, 0.29) is 24.3 Å². The van der Waals surface area contributed by atoms with Crippen LogP contribution in [-0.4, -0.2) is 31.6 Å². The summed E-state index contributed by atoms with van der Waals surface area (Å²) in [6.45, 7) is 9.48. The molecule has 2 N–H and O–H groups in total. The summed E-state index contributed by atoms with van der Waals surface area (Å²) in [7, 11) is 0. The Kier molecular flexibility index (Phi) is 6.93. The molecular formula is C25H27FN6O2S. The van der Waals surface area contributed by atoms with E-state index in [2.05, 4.69) is 34.6 Å². The molecule has 0 aliphatic carbocycles. The predicted octanol–water partition coefficient (Wildman–Crippen LogP) is 5.42. The zero-order chi connectivity index (χ0) is 25.3. The third kappa shape index (κ3) is 5.22. The third-order valence-corrected chi connectivity index (χ3v) is 6.50. The van der Waals surface area contributed by atoms with E-state index in [4.69, 9.17) is 4.98 Å². The number of carbonyl (C=O) groups is 2. The molecule has 182 valence electrons. The van der Waals surface area contributed by atoms with Crippen LogP contribution >= 0.6 is 11.3 Å². The maximum absolute atomic E-state index is 14.5. The van der Waals surface area contributed by atoms with Crippen molar-refractivity contribution in [1.29, 1.82) is 0 Å². The number of fused-ring (bicyclic) bond motifs is 1. The number of hydrogen-bond acceptors (Lipinski definition) is 6. The van der Waals surface area contributed by atoms with Crippen molar-refractivity contribution < 1.29 is 14.0 Å². The number of hydrogen-bond donors (Lipinski definition) is 2. The standard InChI is InChI=1S/C25H27FN6O2S/c1-13(2)32-24-20(11-27-32)14(3)18(15(4)28-24)8-9-23(34)31-25-30-22(12-35-25)19-7-6-17(10-21(19)26)29-16(5)33/h6-7,10-13H,8-9H2,1-5H3,(H,29,33)(H,30,31,34). The van der Waals surface area contributed by atoms with Gasteiger partial charge in [-0.05, 0) is 63.4 Å². The Bertz CT molecular complexity index is 1430.